The second-order valence-corrected chi connectivity index (χ2v) is 12.5. The van der Waals surface area contributed by atoms with Gasteiger partial charge in [-0.15, -0.1) is 0 Å². The van der Waals surface area contributed by atoms with Gasteiger partial charge in [-0.05, 0) is 75.4 Å². The van der Waals surface area contributed by atoms with Gasteiger partial charge in [-0.2, -0.15) is 0 Å². The summed E-state index contributed by atoms with van der Waals surface area (Å²) >= 11 is 0. The first-order chi connectivity index (χ1) is 21.3. The van der Waals surface area contributed by atoms with E-state index in [1.807, 2.05) is 19.2 Å². The molecule has 242 valence electrons. The summed E-state index contributed by atoms with van der Waals surface area (Å²) in [6.07, 6.45) is 6.41. The molecule has 2 fully saturated rings. The smallest absolute Gasteiger partial charge is 0.293 e. The molecule has 9 nitrogen and oxygen atoms in total. The Kier molecular flexibility index (Phi) is 12.6. The van der Waals surface area contributed by atoms with Crippen LogP contribution >= 0.6 is 0 Å². The van der Waals surface area contributed by atoms with Crippen LogP contribution in [0, 0.1) is 5.41 Å². The van der Waals surface area contributed by atoms with Gasteiger partial charge in [0.2, 0.25) is 0 Å². The number of morpholine rings is 1. The second-order valence-electron chi connectivity index (χ2n) is 12.5. The lowest BCUT2D eigenvalue weighted by molar-refractivity contribution is -0.131. The van der Waals surface area contributed by atoms with Crippen LogP contribution in [0.2, 0.25) is 0 Å². The standard InChI is InChI=1S/C28H37N3O4.C7H16N2/c1-6-31-25-10-9-21(30-12-14-34-15-13-30)16-23(25)24(17-28(3,4)18-35-19-32)27(31)22-8-7-11-29-26(22)20(2)33-5;1-2-6-9-7-4-3-5-8-9/h7-11,16,19-20H,6,12-15,17-18H2,1-5H3;8H,2-7H2,1H3. The average Bonchev–Trinajstić information content (AvgIpc) is 3.36. The van der Waals surface area contributed by atoms with Crippen molar-refractivity contribution in [2.45, 2.75) is 73.0 Å². The minimum Gasteiger partial charge on any atom is -0.467 e. The monoisotopic (exact) mass is 607 g/mol. The maximum atomic E-state index is 11.0. The van der Waals surface area contributed by atoms with Crippen molar-refractivity contribution < 1.29 is 19.0 Å². The highest BCUT2D eigenvalue weighted by molar-refractivity contribution is 5.94. The molecule has 9 heteroatoms. The van der Waals surface area contributed by atoms with Crippen molar-refractivity contribution in [2.24, 2.45) is 5.41 Å². The Labute approximate surface area is 263 Å². The summed E-state index contributed by atoms with van der Waals surface area (Å²) in [5.41, 5.74) is 9.92. The minimum atomic E-state index is -0.243. The lowest BCUT2D eigenvalue weighted by Crippen LogP contribution is -2.43. The number of nitrogens with zero attached hydrogens (tertiary/aromatic N) is 4. The molecule has 4 heterocycles. The second kappa shape index (κ2) is 16.4. The number of aryl methyl sites for hydroxylation is 1. The van der Waals surface area contributed by atoms with Gasteiger partial charge in [0.1, 0.15) is 0 Å². The summed E-state index contributed by atoms with van der Waals surface area (Å²) in [5, 5.41) is 3.55. The minimum absolute atomic E-state index is 0.141. The van der Waals surface area contributed by atoms with Crippen LogP contribution in [0.5, 0.6) is 0 Å². The average molecular weight is 608 g/mol. The van der Waals surface area contributed by atoms with Gasteiger partial charge in [-0.25, -0.2) is 5.01 Å². The molecule has 0 bridgehead atoms. The van der Waals surface area contributed by atoms with Gasteiger partial charge >= 0.3 is 0 Å². The van der Waals surface area contributed by atoms with Gasteiger partial charge < -0.3 is 23.7 Å². The number of anilines is 1. The van der Waals surface area contributed by atoms with Crippen LogP contribution < -0.4 is 10.3 Å². The predicted octanol–water partition coefficient (Wildman–Crippen LogP) is 6.01. The van der Waals surface area contributed by atoms with Crippen LogP contribution in [0.1, 0.15) is 71.2 Å². The molecule has 0 saturated carbocycles. The molecule has 0 aliphatic carbocycles. The molecule has 2 aliphatic rings. The molecule has 1 atom stereocenters. The van der Waals surface area contributed by atoms with Gasteiger partial charge in [-0.3, -0.25) is 15.2 Å². The lowest BCUT2D eigenvalue weighted by Gasteiger charge is -2.29. The Morgan fingerprint density at radius 3 is 2.59 bits per heavy atom. The zero-order valence-electron chi connectivity index (χ0n) is 27.7. The van der Waals surface area contributed by atoms with Crippen LogP contribution in [-0.4, -0.2) is 80.7 Å². The number of fused-ring (bicyclic) bond motifs is 1. The van der Waals surface area contributed by atoms with Crippen LogP contribution in [0.15, 0.2) is 36.5 Å². The molecule has 44 heavy (non-hydrogen) atoms. The summed E-state index contributed by atoms with van der Waals surface area (Å²) in [6.45, 7) is 19.3. The number of ether oxygens (including phenoxy) is 3. The number of methoxy groups -OCH3 is 1. The van der Waals surface area contributed by atoms with Crippen molar-refractivity contribution in [2.75, 3.05) is 64.6 Å². The number of pyridine rings is 1. The predicted molar refractivity (Wildman–Crippen MR) is 178 cm³/mol. The Morgan fingerprint density at radius 1 is 1.14 bits per heavy atom. The van der Waals surface area contributed by atoms with Crippen molar-refractivity contribution in [3.63, 3.8) is 0 Å². The summed E-state index contributed by atoms with van der Waals surface area (Å²) in [7, 11) is 1.72. The first-order valence-electron chi connectivity index (χ1n) is 16.3. The summed E-state index contributed by atoms with van der Waals surface area (Å²) < 4.78 is 18.9. The molecule has 2 saturated heterocycles. The number of aromatic nitrogens is 2. The molecule has 0 amide bonds. The Hall–Kier alpha value is -2.98. The van der Waals surface area contributed by atoms with E-state index in [9.17, 15) is 4.79 Å². The van der Waals surface area contributed by atoms with Crippen molar-refractivity contribution in [3.8, 4) is 11.3 Å². The zero-order valence-corrected chi connectivity index (χ0v) is 27.7. The number of hydrogen-bond donors (Lipinski definition) is 1. The van der Waals surface area contributed by atoms with Crippen LogP contribution in [0.3, 0.4) is 0 Å². The summed E-state index contributed by atoms with van der Waals surface area (Å²) in [5.74, 6) is 0. The highest BCUT2D eigenvalue weighted by atomic mass is 16.5. The first-order valence-corrected chi connectivity index (χ1v) is 16.3. The topological polar surface area (TPSA) is 81.1 Å². The molecule has 2 aromatic heterocycles. The number of rotatable bonds is 12. The molecule has 0 radical (unpaired) electrons. The number of benzene rings is 1. The van der Waals surface area contributed by atoms with Crippen LogP contribution in [0.4, 0.5) is 5.69 Å². The van der Waals surface area contributed by atoms with E-state index in [0.717, 1.165) is 56.2 Å². The third kappa shape index (κ3) is 8.38. The van der Waals surface area contributed by atoms with Gasteiger partial charge in [0, 0.05) is 80.1 Å². The molecule has 2 aliphatic heterocycles. The van der Waals surface area contributed by atoms with Crippen molar-refractivity contribution >= 4 is 23.1 Å². The summed E-state index contributed by atoms with van der Waals surface area (Å²) in [6, 6.07) is 10.9. The Morgan fingerprint density at radius 2 is 1.93 bits per heavy atom. The molecular weight excluding hydrogens is 554 g/mol. The fourth-order valence-electron chi connectivity index (χ4n) is 6.29. The molecule has 1 unspecified atom stereocenters. The highest BCUT2D eigenvalue weighted by Gasteiger charge is 2.28. The molecule has 3 aromatic rings. The number of hydrogen-bond acceptors (Lipinski definition) is 8. The largest absolute Gasteiger partial charge is 0.467 e. The van der Waals surface area contributed by atoms with Crippen molar-refractivity contribution in [1.82, 2.24) is 20.0 Å². The van der Waals surface area contributed by atoms with Crippen LogP contribution in [-0.2, 0) is 32.0 Å². The summed E-state index contributed by atoms with van der Waals surface area (Å²) in [4.78, 5) is 18.1. The van der Waals surface area contributed by atoms with Gasteiger partial charge in [0.05, 0.1) is 37.3 Å². The zero-order chi connectivity index (χ0) is 31.5. The third-order valence-electron chi connectivity index (χ3n) is 8.56. The van der Waals surface area contributed by atoms with Crippen molar-refractivity contribution in [1.29, 1.82) is 0 Å². The first kappa shape index (κ1) is 33.9. The van der Waals surface area contributed by atoms with Gasteiger partial charge in [0.15, 0.2) is 0 Å². The van der Waals surface area contributed by atoms with E-state index in [1.165, 1.54) is 61.1 Å². The number of nitrogens with one attached hydrogen (secondary N) is 1. The van der Waals surface area contributed by atoms with E-state index in [1.54, 1.807) is 7.11 Å². The highest BCUT2D eigenvalue weighted by Crippen LogP contribution is 2.41. The lowest BCUT2D eigenvalue weighted by atomic mass is 9.84. The quantitative estimate of drug-likeness (QED) is 0.251. The van der Waals surface area contributed by atoms with Gasteiger partial charge in [0.25, 0.3) is 6.47 Å². The van der Waals surface area contributed by atoms with Crippen molar-refractivity contribution in [3.05, 3.63) is 47.8 Å². The fourth-order valence-corrected chi connectivity index (χ4v) is 6.29. The van der Waals surface area contributed by atoms with E-state index in [4.69, 9.17) is 19.2 Å². The number of carbonyl (C=O) groups is 1. The Balaban J connectivity index is 0.000000421. The van der Waals surface area contributed by atoms with E-state index < -0.39 is 0 Å². The normalized spacial score (nSPS) is 16.8. The van der Waals surface area contributed by atoms with E-state index in [2.05, 4.69) is 71.9 Å². The Bertz CT molecular complexity index is 1330. The maximum Gasteiger partial charge on any atom is 0.293 e. The van der Waals surface area contributed by atoms with Crippen LogP contribution in [0.25, 0.3) is 22.2 Å². The van der Waals surface area contributed by atoms with E-state index in [-0.39, 0.29) is 11.5 Å². The molecule has 0 spiro atoms. The molecular formula is C35H53N5O4. The third-order valence-corrected chi connectivity index (χ3v) is 8.56. The molecule has 5 rings (SSSR count). The number of carbonyl (C=O) groups excluding carboxylic acids is 1. The van der Waals surface area contributed by atoms with E-state index >= 15 is 0 Å². The molecule has 1 N–H and O–H groups in total. The number of hydrazine groups is 1. The van der Waals surface area contributed by atoms with E-state index in [0.29, 0.717) is 13.1 Å². The maximum absolute atomic E-state index is 11.0. The van der Waals surface area contributed by atoms with Gasteiger partial charge in [-0.1, -0.05) is 20.8 Å². The SMILES string of the molecule is CCCN1CCCCN1.CCn1c(-c2cccnc2C(C)OC)c(CC(C)(C)COC=O)c2cc(N3CCOCC3)ccc21. The fraction of sp³-hybridized carbons (Fsp3) is 0.600. The molecule has 1 aromatic carbocycles.